The first-order valence-corrected chi connectivity index (χ1v) is 7.51. The Morgan fingerprint density at radius 1 is 1.46 bits per heavy atom. The van der Waals surface area contributed by atoms with Crippen LogP contribution in [0.3, 0.4) is 0 Å². The number of benzene rings is 1. The van der Waals surface area contributed by atoms with E-state index in [4.69, 9.17) is 10.5 Å². The fourth-order valence-corrected chi connectivity index (χ4v) is 2.61. The summed E-state index contributed by atoms with van der Waals surface area (Å²) >= 11 is 0. The molecular weight excluding hydrogens is 315 g/mol. The first-order chi connectivity index (χ1) is 11.5. The normalized spacial score (nSPS) is 13.3. The number of fused-ring (bicyclic) bond motifs is 3. The molecule has 0 unspecified atom stereocenters. The van der Waals surface area contributed by atoms with Crippen LogP contribution in [0.4, 0.5) is 4.39 Å². The van der Waals surface area contributed by atoms with Crippen LogP contribution in [0.25, 0.3) is 5.69 Å². The largest absolute Gasteiger partial charge is 0.461 e. The number of carbonyl (C=O) groups excluding carboxylic acids is 2. The van der Waals surface area contributed by atoms with Crippen molar-refractivity contribution in [1.82, 2.24) is 14.5 Å². The van der Waals surface area contributed by atoms with Crippen LogP contribution in [0.15, 0.2) is 24.5 Å². The van der Waals surface area contributed by atoms with E-state index >= 15 is 0 Å². The topological polar surface area (TPSA) is 90.4 Å². The molecule has 0 spiro atoms. The van der Waals surface area contributed by atoms with Crippen LogP contribution >= 0.6 is 0 Å². The van der Waals surface area contributed by atoms with Crippen molar-refractivity contribution in [2.45, 2.75) is 13.0 Å². The average Bonchev–Trinajstić information content (AvgIpc) is 2.93. The zero-order valence-electron chi connectivity index (χ0n) is 13.2. The molecule has 2 heterocycles. The Morgan fingerprint density at radius 3 is 3.00 bits per heavy atom. The highest BCUT2D eigenvalue weighted by molar-refractivity contribution is 5.99. The van der Waals surface area contributed by atoms with Crippen molar-refractivity contribution in [3.8, 4) is 5.69 Å². The van der Waals surface area contributed by atoms with E-state index in [9.17, 15) is 14.0 Å². The lowest BCUT2D eigenvalue weighted by molar-refractivity contribution is 0.0492. The van der Waals surface area contributed by atoms with Gasteiger partial charge in [-0.3, -0.25) is 9.36 Å². The predicted molar refractivity (Wildman–Crippen MR) is 83.3 cm³/mol. The van der Waals surface area contributed by atoms with Gasteiger partial charge in [0, 0.05) is 7.05 Å². The summed E-state index contributed by atoms with van der Waals surface area (Å²) in [7, 11) is 1.59. The van der Waals surface area contributed by atoms with Gasteiger partial charge in [0.2, 0.25) is 0 Å². The number of esters is 1. The van der Waals surface area contributed by atoms with Gasteiger partial charge in [0.1, 0.15) is 12.1 Å². The van der Waals surface area contributed by atoms with Gasteiger partial charge in [-0.1, -0.05) is 0 Å². The fourth-order valence-electron chi connectivity index (χ4n) is 2.61. The lowest BCUT2D eigenvalue weighted by Gasteiger charge is -2.14. The van der Waals surface area contributed by atoms with Gasteiger partial charge in [0.05, 0.1) is 30.1 Å². The zero-order chi connectivity index (χ0) is 17.3. The summed E-state index contributed by atoms with van der Waals surface area (Å²) in [6.45, 7) is 0.791. The number of amides is 1. The quantitative estimate of drug-likeness (QED) is 0.669. The molecule has 2 N–H and O–H groups in total. The highest BCUT2D eigenvalue weighted by Gasteiger charge is 2.29. The van der Waals surface area contributed by atoms with Crippen LogP contribution in [0.2, 0.25) is 0 Å². The van der Waals surface area contributed by atoms with Crippen molar-refractivity contribution in [1.29, 1.82) is 0 Å². The molecule has 3 rings (SSSR count). The Hall–Kier alpha value is -2.74. The van der Waals surface area contributed by atoms with E-state index in [2.05, 4.69) is 4.98 Å². The van der Waals surface area contributed by atoms with Gasteiger partial charge in [-0.15, -0.1) is 0 Å². The maximum absolute atomic E-state index is 13.5. The highest BCUT2D eigenvalue weighted by atomic mass is 19.1. The molecule has 8 heteroatoms. The van der Waals surface area contributed by atoms with Gasteiger partial charge in [-0.25, -0.2) is 14.2 Å². The summed E-state index contributed by atoms with van der Waals surface area (Å²) in [6, 6.07) is 3.94. The lowest BCUT2D eigenvalue weighted by atomic mass is 10.1. The lowest BCUT2D eigenvalue weighted by Crippen LogP contribution is -2.26. The standard InChI is InChI=1S/C16H17FN4O3/c1-20-8-13-14(16(23)24-6-2-5-18)19-9-21(13)12-4-3-10(17)7-11(12)15(20)22/h3-4,7,9H,2,5-6,8,18H2,1H3. The monoisotopic (exact) mass is 332 g/mol. The number of aromatic nitrogens is 2. The van der Waals surface area contributed by atoms with Gasteiger partial charge in [0.15, 0.2) is 5.69 Å². The van der Waals surface area contributed by atoms with Gasteiger partial charge in [-0.2, -0.15) is 0 Å². The van der Waals surface area contributed by atoms with Crippen LogP contribution in [0.1, 0.15) is 33.0 Å². The third-order valence-electron chi connectivity index (χ3n) is 3.82. The van der Waals surface area contributed by atoms with Gasteiger partial charge in [0.25, 0.3) is 5.91 Å². The second-order valence-electron chi connectivity index (χ2n) is 5.51. The van der Waals surface area contributed by atoms with E-state index in [1.54, 1.807) is 11.6 Å². The number of hydrogen-bond acceptors (Lipinski definition) is 5. The molecule has 1 aliphatic rings. The van der Waals surface area contributed by atoms with E-state index in [-0.39, 0.29) is 30.3 Å². The summed E-state index contributed by atoms with van der Waals surface area (Å²) < 4.78 is 20.3. The maximum atomic E-state index is 13.5. The summed E-state index contributed by atoms with van der Waals surface area (Å²) in [5.74, 6) is -1.39. The first-order valence-electron chi connectivity index (χ1n) is 7.51. The number of nitrogens with zero attached hydrogens (tertiary/aromatic N) is 3. The van der Waals surface area contributed by atoms with E-state index in [0.29, 0.717) is 24.3 Å². The minimum Gasteiger partial charge on any atom is -0.461 e. The fraction of sp³-hybridized carbons (Fsp3) is 0.312. The molecule has 0 saturated heterocycles. The van der Waals surface area contributed by atoms with Gasteiger partial charge in [-0.05, 0) is 31.2 Å². The minimum atomic E-state index is -0.566. The molecule has 7 nitrogen and oxygen atoms in total. The average molecular weight is 332 g/mol. The summed E-state index contributed by atoms with van der Waals surface area (Å²) in [5.41, 5.74) is 6.74. The Bertz CT molecular complexity index is 803. The van der Waals surface area contributed by atoms with Crippen LogP contribution in [-0.4, -0.2) is 46.5 Å². The number of halogens is 1. The molecule has 1 amide bonds. The second-order valence-corrected chi connectivity index (χ2v) is 5.51. The predicted octanol–water partition coefficient (Wildman–Crippen LogP) is 1.10. The van der Waals surface area contributed by atoms with Crippen LogP contribution < -0.4 is 5.73 Å². The number of imidazole rings is 1. The third kappa shape index (κ3) is 2.76. The molecule has 24 heavy (non-hydrogen) atoms. The zero-order valence-corrected chi connectivity index (χ0v) is 13.2. The molecule has 0 atom stereocenters. The molecule has 0 saturated carbocycles. The molecule has 0 radical (unpaired) electrons. The molecule has 1 aromatic heterocycles. The number of ether oxygens (including phenoxy) is 1. The minimum absolute atomic E-state index is 0.142. The van der Waals surface area contributed by atoms with Crippen LogP contribution in [0, 0.1) is 5.82 Å². The van der Waals surface area contributed by atoms with Crippen LogP contribution in [-0.2, 0) is 11.3 Å². The van der Waals surface area contributed by atoms with E-state index in [1.807, 2.05) is 0 Å². The molecule has 0 aliphatic carbocycles. The maximum Gasteiger partial charge on any atom is 0.358 e. The Morgan fingerprint density at radius 2 is 2.25 bits per heavy atom. The van der Waals surface area contributed by atoms with Gasteiger partial charge < -0.3 is 15.4 Å². The Balaban J connectivity index is 2.03. The number of rotatable bonds is 4. The smallest absolute Gasteiger partial charge is 0.358 e. The first kappa shape index (κ1) is 16.1. The van der Waals surface area contributed by atoms with E-state index in [1.165, 1.54) is 29.4 Å². The number of carbonyl (C=O) groups is 2. The third-order valence-corrected chi connectivity index (χ3v) is 3.82. The molecule has 126 valence electrons. The van der Waals surface area contributed by atoms with Crippen molar-refractivity contribution >= 4 is 11.9 Å². The molecule has 1 aliphatic heterocycles. The molecule has 0 bridgehead atoms. The summed E-state index contributed by atoms with van der Waals surface area (Å²) in [6.07, 6.45) is 2.00. The molecule has 1 aromatic carbocycles. The van der Waals surface area contributed by atoms with E-state index in [0.717, 1.165) is 0 Å². The molecule has 2 aromatic rings. The number of hydrogen-bond donors (Lipinski definition) is 1. The van der Waals surface area contributed by atoms with Crippen molar-refractivity contribution in [3.05, 3.63) is 47.3 Å². The van der Waals surface area contributed by atoms with Crippen molar-refractivity contribution in [2.24, 2.45) is 5.73 Å². The van der Waals surface area contributed by atoms with E-state index < -0.39 is 11.8 Å². The molecular formula is C16H17FN4O3. The highest BCUT2D eigenvalue weighted by Crippen LogP contribution is 2.26. The Kier molecular flexibility index (Phi) is 4.30. The summed E-state index contributed by atoms with van der Waals surface area (Å²) in [5, 5.41) is 0. The van der Waals surface area contributed by atoms with Crippen molar-refractivity contribution < 1.29 is 18.7 Å². The van der Waals surface area contributed by atoms with Gasteiger partial charge >= 0.3 is 5.97 Å². The SMILES string of the molecule is CN1Cc2c(C(=O)OCCCN)ncn2-c2ccc(F)cc2C1=O. The summed E-state index contributed by atoms with van der Waals surface area (Å²) in [4.78, 5) is 30.2. The van der Waals surface area contributed by atoms with Crippen LogP contribution in [0.5, 0.6) is 0 Å². The second kappa shape index (κ2) is 6.40. The van der Waals surface area contributed by atoms with Crippen molar-refractivity contribution in [2.75, 3.05) is 20.2 Å². The molecule has 0 fully saturated rings. The Labute approximate surface area is 137 Å². The number of nitrogens with two attached hydrogens (primary N) is 1. The van der Waals surface area contributed by atoms with Crippen molar-refractivity contribution in [3.63, 3.8) is 0 Å².